The van der Waals surface area contributed by atoms with Crippen LogP contribution in [0, 0.1) is 0 Å². The van der Waals surface area contributed by atoms with Crippen molar-refractivity contribution >= 4 is 11.8 Å². The number of anilines is 1. The smallest absolute Gasteiger partial charge is 0.115 e. The van der Waals surface area contributed by atoms with Crippen LogP contribution in [0.15, 0.2) is 54.1 Å². The molecule has 3 heteroatoms. The lowest BCUT2D eigenvalue weighted by molar-refractivity contribution is 0.276. The quantitative estimate of drug-likeness (QED) is 0.937. The Kier molecular flexibility index (Phi) is 4.26. The van der Waals surface area contributed by atoms with E-state index in [2.05, 4.69) is 46.2 Å². The zero-order valence-corrected chi connectivity index (χ0v) is 14.0. The molecule has 0 saturated carbocycles. The number of piperazine rings is 1. The van der Waals surface area contributed by atoms with Crippen LogP contribution in [0.25, 0.3) is 6.08 Å². The van der Waals surface area contributed by atoms with E-state index < -0.39 is 0 Å². The summed E-state index contributed by atoms with van der Waals surface area (Å²) >= 11 is 0. The second kappa shape index (κ2) is 6.70. The Labute approximate surface area is 143 Å². The topological polar surface area (TPSA) is 26.7 Å². The third-order valence-corrected chi connectivity index (χ3v) is 5.12. The van der Waals surface area contributed by atoms with Crippen LogP contribution in [0.3, 0.4) is 0 Å². The van der Waals surface area contributed by atoms with Crippen molar-refractivity contribution in [1.82, 2.24) is 4.90 Å². The molecule has 1 saturated heterocycles. The molecule has 1 aliphatic heterocycles. The Morgan fingerprint density at radius 1 is 0.875 bits per heavy atom. The molecule has 1 N–H and O–H groups in total. The van der Waals surface area contributed by atoms with E-state index in [0.717, 1.165) is 45.6 Å². The summed E-state index contributed by atoms with van der Waals surface area (Å²) in [6.45, 7) is 5.51. The van der Waals surface area contributed by atoms with Crippen LogP contribution in [0.2, 0.25) is 0 Å². The van der Waals surface area contributed by atoms with Gasteiger partial charge in [0.15, 0.2) is 0 Å². The number of hydrogen-bond donors (Lipinski definition) is 1. The fraction of sp³-hybridized carbons (Fsp3) is 0.333. The third-order valence-electron chi connectivity index (χ3n) is 5.12. The van der Waals surface area contributed by atoms with Crippen LogP contribution in [-0.2, 0) is 6.42 Å². The lowest BCUT2D eigenvalue weighted by atomic mass is 9.91. The molecule has 24 heavy (non-hydrogen) atoms. The molecule has 124 valence electrons. The van der Waals surface area contributed by atoms with Crippen molar-refractivity contribution in [1.29, 1.82) is 0 Å². The van der Waals surface area contributed by atoms with E-state index in [1.807, 2.05) is 12.1 Å². The van der Waals surface area contributed by atoms with Crippen LogP contribution >= 0.6 is 0 Å². The summed E-state index contributed by atoms with van der Waals surface area (Å²) in [5, 5.41) is 9.60. The average molecular weight is 320 g/mol. The van der Waals surface area contributed by atoms with Gasteiger partial charge in [-0.15, -0.1) is 0 Å². The number of nitrogens with zero attached hydrogens (tertiary/aromatic N) is 2. The number of phenols is 1. The van der Waals surface area contributed by atoms with Gasteiger partial charge in [0.05, 0.1) is 0 Å². The summed E-state index contributed by atoms with van der Waals surface area (Å²) in [5.41, 5.74) is 5.40. The highest BCUT2D eigenvalue weighted by Crippen LogP contribution is 2.27. The number of fused-ring (bicyclic) bond motifs is 1. The zero-order chi connectivity index (χ0) is 16.4. The van der Waals surface area contributed by atoms with Crippen LogP contribution < -0.4 is 4.90 Å². The van der Waals surface area contributed by atoms with E-state index in [-0.39, 0.29) is 0 Å². The highest BCUT2D eigenvalue weighted by Gasteiger charge is 2.19. The van der Waals surface area contributed by atoms with Gasteiger partial charge in [0.1, 0.15) is 5.75 Å². The monoisotopic (exact) mass is 320 g/mol. The Hall–Kier alpha value is -2.26. The maximum atomic E-state index is 9.60. The standard InChI is InChI=1S/C21H24N2O/c24-21-9-8-18-14-17(6-7-19(18)15-21)16-22-10-12-23(13-11-22)20-4-2-1-3-5-20/h1-5,8-9,14-15,24H,6-7,10-13,16H2. The van der Waals surface area contributed by atoms with Gasteiger partial charge in [-0.1, -0.05) is 35.9 Å². The third kappa shape index (κ3) is 3.31. The lowest BCUT2D eigenvalue weighted by Gasteiger charge is -2.36. The lowest BCUT2D eigenvalue weighted by Crippen LogP contribution is -2.47. The average Bonchev–Trinajstić information content (AvgIpc) is 2.63. The van der Waals surface area contributed by atoms with Crippen molar-refractivity contribution < 1.29 is 5.11 Å². The summed E-state index contributed by atoms with van der Waals surface area (Å²) in [4.78, 5) is 5.04. The van der Waals surface area contributed by atoms with Crippen molar-refractivity contribution in [2.75, 3.05) is 37.6 Å². The second-order valence-electron chi connectivity index (χ2n) is 6.78. The number of para-hydroxylation sites is 1. The Morgan fingerprint density at radius 3 is 2.46 bits per heavy atom. The summed E-state index contributed by atoms with van der Waals surface area (Å²) in [6.07, 6.45) is 4.47. The molecule has 0 radical (unpaired) electrons. The molecule has 0 bridgehead atoms. The Morgan fingerprint density at radius 2 is 1.67 bits per heavy atom. The maximum absolute atomic E-state index is 9.60. The first kappa shape index (κ1) is 15.3. The molecular formula is C21H24N2O. The fourth-order valence-electron chi connectivity index (χ4n) is 3.75. The van der Waals surface area contributed by atoms with Crippen LogP contribution in [0.1, 0.15) is 17.5 Å². The molecule has 1 heterocycles. The number of aryl methyl sites for hydroxylation is 1. The van der Waals surface area contributed by atoms with Crippen LogP contribution in [-0.4, -0.2) is 42.7 Å². The SMILES string of the molecule is Oc1ccc2c(c1)CCC(CN1CCN(c3ccccc3)CC1)=C2. The van der Waals surface area contributed by atoms with Crippen molar-refractivity contribution in [2.24, 2.45) is 0 Å². The van der Waals surface area contributed by atoms with Crippen molar-refractivity contribution in [3.8, 4) is 5.75 Å². The summed E-state index contributed by atoms with van der Waals surface area (Å²) in [5.74, 6) is 0.377. The van der Waals surface area contributed by atoms with Gasteiger partial charge in [-0.3, -0.25) is 4.90 Å². The molecule has 1 aliphatic carbocycles. The van der Waals surface area contributed by atoms with E-state index in [0.29, 0.717) is 5.75 Å². The highest BCUT2D eigenvalue weighted by atomic mass is 16.3. The fourth-order valence-corrected chi connectivity index (χ4v) is 3.75. The molecule has 2 aromatic rings. The molecule has 0 unspecified atom stereocenters. The molecule has 1 fully saturated rings. The van der Waals surface area contributed by atoms with E-state index >= 15 is 0 Å². The predicted octanol–water partition coefficient (Wildman–Crippen LogP) is 3.54. The number of hydrogen-bond acceptors (Lipinski definition) is 3. The molecule has 0 spiro atoms. The van der Waals surface area contributed by atoms with Crippen LogP contribution in [0.4, 0.5) is 5.69 Å². The van der Waals surface area contributed by atoms with E-state index in [1.165, 1.54) is 22.4 Å². The van der Waals surface area contributed by atoms with E-state index in [1.54, 1.807) is 6.07 Å². The summed E-state index contributed by atoms with van der Waals surface area (Å²) < 4.78 is 0. The predicted molar refractivity (Wildman–Crippen MR) is 99.5 cm³/mol. The molecule has 0 amide bonds. The number of rotatable bonds is 3. The Bertz CT molecular complexity index is 731. The minimum absolute atomic E-state index is 0.377. The normalized spacial score (nSPS) is 18.2. The van der Waals surface area contributed by atoms with Gasteiger partial charge >= 0.3 is 0 Å². The van der Waals surface area contributed by atoms with E-state index in [9.17, 15) is 5.11 Å². The van der Waals surface area contributed by atoms with Gasteiger partial charge in [0.25, 0.3) is 0 Å². The second-order valence-corrected chi connectivity index (χ2v) is 6.78. The van der Waals surface area contributed by atoms with E-state index in [4.69, 9.17) is 0 Å². The van der Waals surface area contributed by atoms with Gasteiger partial charge in [-0.25, -0.2) is 0 Å². The molecule has 3 nitrogen and oxygen atoms in total. The van der Waals surface area contributed by atoms with Crippen molar-refractivity contribution in [3.05, 3.63) is 65.2 Å². The minimum atomic E-state index is 0.377. The molecule has 2 aliphatic rings. The number of aromatic hydroxyl groups is 1. The van der Waals surface area contributed by atoms with Gasteiger partial charge in [0.2, 0.25) is 0 Å². The van der Waals surface area contributed by atoms with Crippen molar-refractivity contribution in [2.45, 2.75) is 12.8 Å². The van der Waals surface area contributed by atoms with Crippen molar-refractivity contribution in [3.63, 3.8) is 0 Å². The van der Waals surface area contributed by atoms with Gasteiger partial charge < -0.3 is 10.0 Å². The van der Waals surface area contributed by atoms with Crippen LogP contribution in [0.5, 0.6) is 5.75 Å². The molecular weight excluding hydrogens is 296 g/mol. The zero-order valence-electron chi connectivity index (χ0n) is 14.0. The minimum Gasteiger partial charge on any atom is -0.508 e. The summed E-state index contributed by atoms with van der Waals surface area (Å²) in [6, 6.07) is 16.4. The van der Waals surface area contributed by atoms with Gasteiger partial charge in [0, 0.05) is 38.4 Å². The highest BCUT2D eigenvalue weighted by molar-refractivity contribution is 5.61. The maximum Gasteiger partial charge on any atom is 0.115 e. The molecule has 2 aromatic carbocycles. The number of phenolic OH excluding ortho intramolecular Hbond substituents is 1. The van der Waals surface area contributed by atoms with Gasteiger partial charge in [-0.05, 0) is 48.2 Å². The first-order valence-electron chi connectivity index (χ1n) is 8.82. The molecule has 4 rings (SSSR count). The van der Waals surface area contributed by atoms with Gasteiger partial charge in [-0.2, -0.15) is 0 Å². The largest absolute Gasteiger partial charge is 0.508 e. The summed E-state index contributed by atoms with van der Waals surface area (Å²) in [7, 11) is 0. The Balaban J connectivity index is 1.37. The molecule has 0 atom stereocenters. The number of benzene rings is 2. The molecule has 0 aromatic heterocycles. The first-order chi connectivity index (χ1) is 11.8. The first-order valence-corrected chi connectivity index (χ1v) is 8.82.